The van der Waals surface area contributed by atoms with E-state index < -0.39 is 0 Å². The predicted molar refractivity (Wildman–Crippen MR) is 71.0 cm³/mol. The Labute approximate surface area is 103 Å². The van der Waals surface area contributed by atoms with Crippen molar-refractivity contribution in [2.75, 3.05) is 5.75 Å². The van der Waals surface area contributed by atoms with Crippen LogP contribution in [0.2, 0.25) is 0 Å². The van der Waals surface area contributed by atoms with Gasteiger partial charge >= 0.3 is 0 Å². The summed E-state index contributed by atoms with van der Waals surface area (Å²) < 4.78 is 0. The van der Waals surface area contributed by atoms with Gasteiger partial charge in [0.2, 0.25) is 0 Å². The third-order valence-corrected chi connectivity index (χ3v) is 3.49. The number of thioether (sulfide) groups is 1. The summed E-state index contributed by atoms with van der Waals surface area (Å²) in [6, 6.07) is 8.33. The lowest BCUT2D eigenvalue weighted by Gasteiger charge is -2.04. The fourth-order valence-electron chi connectivity index (χ4n) is 1.32. The van der Waals surface area contributed by atoms with Gasteiger partial charge in [-0.1, -0.05) is 31.5 Å². The number of carbonyl (C=O) groups excluding carboxylic acids is 1. The van der Waals surface area contributed by atoms with Gasteiger partial charge in [0, 0.05) is 11.3 Å². The highest BCUT2D eigenvalue weighted by molar-refractivity contribution is 8.00. The largest absolute Gasteiger partial charge is 0.299 e. The quantitative estimate of drug-likeness (QED) is 0.692. The molecule has 0 aliphatic heterocycles. The second kappa shape index (κ2) is 6.74. The maximum Gasteiger partial charge on any atom is 0.143 e. The Hall–Kier alpha value is -0.760. The topological polar surface area (TPSA) is 17.1 Å². The summed E-state index contributed by atoms with van der Waals surface area (Å²) in [5.74, 6) is 1.59. The third kappa shape index (κ3) is 5.36. The Morgan fingerprint density at radius 1 is 1.25 bits per heavy atom. The Bertz CT molecular complexity index is 327. The fraction of sp³-hybridized carbons (Fsp3) is 0.500. The normalized spacial score (nSPS) is 10.8. The number of Topliss-reactive ketones (excluding diaryl/α,β-unsaturated/α-hetero) is 1. The summed E-state index contributed by atoms with van der Waals surface area (Å²) in [7, 11) is 0. The monoisotopic (exact) mass is 236 g/mol. The van der Waals surface area contributed by atoms with Gasteiger partial charge in [-0.3, -0.25) is 4.79 Å². The van der Waals surface area contributed by atoms with Crippen molar-refractivity contribution in [3.8, 4) is 0 Å². The second-order valence-corrected chi connectivity index (χ2v) is 5.62. The number of hydrogen-bond acceptors (Lipinski definition) is 2. The van der Waals surface area contributed by atoms with Gasteiger partial charge in [0.05, 0.1) is 5.75 Å². The van der Waals surface area contributed by atoms with Gasteiger partial charge in [-0.15, -0.1) is 11.8 Å². The number of rotatable bonds is 6. The number of aryl methyl sites for hydroxylation is 1. The van der Waals surface area contributed by atoms with Crippen molar-refractivity contribution in [3.05, 3.63) is 29.8 Å². The van der Waals surface area contributed by atoms with Crippen molar-refractivity contribution in [1.82, 2.24) is 0 Å². The molecule has 0 unspecified atom stereocenters. The number of hydrogen-bond donors (Lipinski definition) is 0. The number of carbonyl (C=O) groups is 1. The van der Waals surface area contributed by atoms with Crippen LogP contribution in [0.3, 0.4) is 0 Å². The molecule has 0 atom stereocenters. The van der Waals surface area contributed by atoms with E-state index in [0.717, 1.165) is 12.8 Å². The van der Waals surface area contributed by atoms with E-state index in [9.17, 15) is 4.79 Å². The van der Waals surface area contributed by atoms with E-state index in [4.69, 9.17) is 0 Å². The van der Waals surface area contributed by atoms with Crippen molar-refractivity contribution in [3.63, 3.8) is 0 Å². The molecule has 0 aromatic heterocycles. The lowest BCUT2D eigenvalue weighted by atomic mass is 10.1. The molecule has 0 amide bonds. The smallest absolute Gasteiger partial charge is 0.143 e. The zero-order valence-electron chi connectivity index (χ0n) is 10.3. The third-order valence-electron chi connectivity index (χ3n) is 2.42. The van der Waals surface area contributed by atoms with Gasteiger partial charge in [0.1, 0.15) is 5.78 Å². The van der Waals surface area contributed by atoms with Crippen molar-refractivity contribution >= 4 is 17.5 Å². The van der Waals surface area contributed by atoms with Crippen molar-refractivity contribution in [2.24, 2.45) is 5.92 Å². The van der Waals surface area contributed by atoms with Gasteiger partial charge in [-0.05, 0) is 31.4 Å². The molecule has 0 spiro atoms. The second-order valence-electron chi connectivity index (χ2n) is 4.57. The van der Waals surface area contributed by atoms with Gasteiger partial charge in [0.25, 0.3) is 0 Å². The maximum atomic E-state index is 11.6. The first-order valence-electron chi connectivity index (χ1n) is 5.79. The molecule has 0 heterocycles. The molecular formula is C14H20OS. The molecule has 1 nitrogen and oxygen atoms in total. The Morgan fingerprint density at radius 2 is 1.88 bits per heavy atom. The summed E-state index contributed by atoms with van der Waals surface area (Å²) in [5.41, 5.74) is 1.26. The fourth-order valence-corrected chi connectivity index (χ4v) is 2.12. The molecular weight excluding hydrogens is 216 g/mol. The van der Waals surface area contributed by atoms with E-state index in [-0.39, 0.29) is 0 Å². The van der Waals surface area contributed by atoms with Crippen LogP contribution in [-0.4, -0.2) is 11.5 Å². The molecule has 16 heavy (non-hydrogen) atoms. The minimum atomic E-state index is 0.360. The number of ketones is 1. The van der Waals surface area contributed by atoms with Gasteiger partial charge < -0.3 is 0 Å². The van der Waals surface area contributed by atoms with Gasteiger partial charge in [0.15, 0.2) is 0 Å². The molecule has 1 aromatic carbocycles. The Morgan fingerprint density at radius 3 is 2.44 bits per heavy atom. The molecule has 0 fully saturated rings. The molecule has 0 N–H and O–H groups in total. The first-order valence-corrected chi connectivity index (χ1v) is 6.77. The first-order chi connectivity index (χ1) is 7.58. The van der Waals surface area contributed by atoms with Crippen LogP contribution in [0, 0.1) is 12.8 Å². The average Bonchev–Trinajstić information content (AvgIpc) is 2.25. The Balaban J connectivity index is 2.29. The zero-order valence-corrected chi connectivity index (χ0v) is 11.1. The van der Waals surface area contributed by atoms with Crippen molar-refractivity contribution < 1.29 is 4.79 Å². The van der Waals surface area contributed by atoms with E-state index in [0.29, 0.717) is 17.5 Å². The Kier molecular flexibility index (Phi) is 5.61. The predicted octanol–water partition coefficient (Wildman–Crippen LogP) is 4.09. The lowest BCUT2D eigenvalue weighted by molar-refractivity contribution is -0.116. The minimum Gasteiger partial charge on any atom is -0.299 e. The van der Waals surface area contributed by atoms with E-state index >= 15 is 0 Å². The summed E-state index contributed by atoms with van der Waals surface area (Å²) in [5, 5.41) is 0. The molecule has 88 valence electrons. The molecule has 0 aliphatic rings. The van der Waals surface area contributed by atoms with Crippen LogP contribution in [0.15, 0.2) is 29.2 Å². The van der Waals surface area contributed by atoms with Gasteiger partial charge in [-0.2, -0.15) is 0 Å². The molecule has 1 aromatic rings. The summed E-state index contributed by atoms with van der Waals surface area (Å²) >= 11 is 1.64. The maximum absolute atomic E-state index is 11.6. The van der Waals surface area contributed by atoms with Crippen LogP contribution < -0.4 is 0 Å². The average molecular weight is 236 g/mol. The molecule has 0 saturated heterocycles. The summed E-state index contributed by atoms with van der Waals surface area (Å²) in [4.78, 5) is 12.8. The summed E-state index contributed by atoms with van der Waals surface area (Å²) in [6.45, 7) is 6.38. The van der Waals surface area contributed by atoms with E-state index in [1.165, 1.54) is 10.5 Å². The van der Waals surface area contributed by atoms with Crippen molar-refractivity contribution in [1.29, 1.82) is 0 Å². The zero-order chi connectivity index (χ0) is 12.0. The van der Waals surface area contributed by atoms with Gasteiger partial charge in [-0.25, -0.2) is 0 Å². The van der Waals surface area contributed by atoms with Crippen LogP contribution in [0.25, 0.3) is 0 Å². The van der Waals surface area contributed by atoms with E-state index in [1.54, 1.807) is 11.8 Å². The molecule has 0 aliphatic carbocycles. The minimum absolute atomic E-state index is 0.360. The first kappa shape index (κ1) is 13.3. The van der Waals surface area contributed by atoms with Crippen LogP contribution in [0.5, 0.6) is 0 Å². The highest BCUT2D eigenvalue weighted by Gasteiger charge is 2.04. The van der Waals surface area contributed by atoms with Crippen LogP contribution >= 0.6 is 11.8 Å². The SMILES string of the molecule is Cc1ccc(SCC(=O)CCC(C)C)cc1. The highest BCUT2D eigenvalue weighted by atomic mass is 32.2. The van der Waals surface area contributed by atoms with Crippen LogP contribution in [0.1, 0.15) is 32.3 Å². The molecule has 1 rings (SSSR count). The molecule has 0 bridgehead atoms. The molecule has 0 radical (unpaired) electrons. The van der Waals surface area contributed by atoms with E-state index in [1.807, 2.05) is 0 Å². The lowest BCUT2D eigenvalue weighted by Crippen LogP contribution is -2.03. The molecule has 2 heteroatoms. The van der Waals surface area contributed by atoms with Crippen LogP contribution in [0.4, 0.5) is 0 Å². The van der Waals surface area contributed by atoms with Crippen LogP contribution in [-0.2, 0) is 4.79 Å². The van der Waals surface area contributed by atoms with E-state index in [2.05, 4.69) is 45.0 Å². The number of benzene rings is 1. The summed E-state index contributed by atoms with van der Waals surface area (Å²) in [6.07, 6.45) is 1.73. The van der Waals surface area contributed by atoms with Crippen molar-refractivity contribution in [2.45, 2.75) is 38.5 Å². The highest BCUT2D eigenvalue weighted by Crippen LogP contribution is 2.19. The molecule has 0 saturated carbocycles. The standard InChI is InChI=1S/C14H20OS/c1-11(2)4-7-13(15)10-16-14-8-5-12(3)6-9-14/h5-6,8-9,11H,4,7,10H2,1-3H3.